The second-order valence-electron chi connectivity index (χ2n) is 5.68. The number of urea groups is 1. The van der Waals surface area contributed by atoms with Gasteiger partial charge in [-0.3, -0.25) is 19.3 Å². The van der Waals surface area contributed by atoms with Crippen molar-refractivity contribution in [1.29, 1.82) is 0 Å². The van der Waals surface area contributed by atoms with Crippen LogP contribution in [0.1, 0.15) is 19.4 Å². The van der Waals surface area contributed by atoms with Crippen molar-refractivity contribution in [3.63, 3.8) is 0 Å². The zero-order chi connectivity index (χ0) is 17.1. The van der Waals surface area contributed by atoms with Crippen LogP contribution >= 0.6 is 0 Å². The van der Waals surface area contributed by atoms with E-state index < -0.39 is 36.3 Å². The van der Waals surface area contributed by atoms with Crippen LogP contribution in [-0.4, -0.2) is 58.1 Å². The molecule has 1 heterocycles. The minimum atomic E-state index is -0.954. The first-order valence-electron chi connectivity index (χ1n) is 7.29. The van der Waals surface area contributed by atoms with Crippen LogP contribution in [-0.2, 0) is 20.9 Å². The van der Waals surface area contributed by atoms with Crippen molar-refractivity contribution in [3.8, 4) is 0 Å². The summed E-state index contributed by atoms with van der Waals surface area (Å²) in [4.78, 5) is 51.0. The minimum absolute atomic E-state index is 0.359. The molecule has 7 heteroatoms. The third kappa shape index (κ3) is 3.39. The van der Waals surface area contributed by atoms with Crippen molar-refractivity contribution in [2.45, 2.75) is 26.4 Å². The Bertz CT molecular complexity index is 642. The van der Waals surface area contributed by atoms with Gasteiger partial charge >= 0.3 is 17.8 Å². The molecule has 2 rings (SSSR count). The van der Waals surface area contributed by atoms with Gasteiger partial charge in [-0.05, 0) is 19.4 Å². The predicted octanol–water partition coefficient (Wildman–Crippen LogP) is 0.844. The first kappa shape index (κ1) is 16.7. The molecule has 0 spiro atoms. The molecular formula is C16H19N3O4. The van der Waals surface area contributed by atoms with Crippen LogP contribution in [0.15, 0.2) is 30.3 Å². The highest BCUT2D eigenvalue weighted by Crippen LogP contribution is 2.15. The van der Waals surface area contributed by atoms with E-state index in [9.17, 15) is 19.2 Å². The molecule has 0 atom stereocenters. The maximum absolute atomic E-state index is 12.2. The molecule has 0 radical (unpaired) electrons. The number of carbonyl (C=O) groups is 4. The quantitative estimate of drug-likeness (QED) is 0.596. The molecule has 0 aromatic heterocycles. The molecule has 1 fully saturated rings. The highest BCUT2D eigenvalue weighted by atomic mass is 16.2. The zero-order valence-corrected chi connectivity index (χ0v) is 13.4. The van der Waals surface area contributed by atoms with E-state index in [4.69, 9.17) is 0 Å². The Morgan fingerprint density at radius 2 is 1.70 bits per heavy atom. The highest BCUT2D eigenvalue weighted by molar-refractivity contribution is 6.45. The van der Waals surface area contributed by atoms with E-state index in [-0.39, 0.29) is 0 Å². The Morgan fingerprint density at radius 1 is 1.09 bits per heavy atom. The Labute approximate surface area is 134 Å². The van der Waals surface area contributed by atoms with Gasteiger partial charge in [0.05, 0.1) is 0 Å². The summed E-state index contributed by atoms with van der Waals surface area (Å²) in [6.07, 6.45) is 0. The molecule has 0 N–H and O–H groups in total. The molecule has 0 bridgehead atoms. The molecule has 23 heavy (non-hydrogen) atoms. The van der Waals surface area contributed by atoms with Crippen molar-refractivity contribution < 1.29 is 19.2 Å². The lowest BCUT2D eigenvalue weighted by molar-refractivity contribution is -0.145. The second kappa shape index (κ2) is 6.60. The summed E-state index contributed by atoms with van der Waals surface area (Å²) >= 11 is 0. The fourth-order valence-electron chi connectivity index (χ4n) is 2.32. The number of amides is 5. The number of benzene rings is 1. The monoisotopic (exact) mass is 317 g/mol. The first-order chi connectivity index (χ1) is 10.8. The highest BCUT2D eigenvalue weighted by Gasteiger charge is 2.46. The van der Waals surface area contributed by atoms with Gasteiger partial charge in [0.2, 0.25) is 5.91 Å². The van der Waals surface area contributed by atoms with E-state index in [0.29, 0.717) is 11.4 Å². The molecule has 122 valence electrons. The topological polar surface area (TPSA) is 78.0 Å². The summed E-state index contributed by atoms with van der Waals surface area (Å²) in [5.41, 5.74) is 0.933. The summed E-state index contributed by atoms with van der Waals surface area (Å²) in [6.45, 7) is 3.19. The minimum Gasteiger partial charge on any atom is -0.340 e. The van der Waals surface area contributed by atoms with Gasteiger partial charge in [0.15, 0.2) is 0 Å². The van der Waals surface area contributed by atoms with Crippen molar-refractivity contribution in [2.24, 2.45) is 0 Å². The zero-order valence-electron chi connectivity index (χ0n) is 13.4. The van der Waals surface area contributed by atoms with Crippen molar-refractivity contribution in [1.82, 2.24) is 14.7 Å². The number of hydrogen-bond acceptors (Lipinski definition) is 4. The number of rotatable bonds is 5. The van der Waals surface area contributed by atoms with E-state index in [1.807, 2.05) is 30.3 Å². The Kier molecular flexibility index (Phi) is 4.78. The van der Waals surface area contributed by atoms with Crippen LogP contribution in [0.3, 0.4) is 0 Å². The fourth-order valence-corrected chi connectivity index (χ4v) is 2.32. The molecule has 1 aromatic rings. The number of nitrogens with zero attached hydrogens (tertiary/aromatic N) is 3. The van der Waals surface area contributed by atoms with Gasteiger partial charge in [-0.25, -0.2) is 9.69 Å². The van der Waals surface area contributed by atoms with Gasteiger partial charge in [0.1, 0.15) is 6.54 Å². The second-order valence-corrected chi connectivity index (χ2v) is 5.68. The van der Waals surface area contributed by atoms with Gasteiger partial charge in [0, 0.05) is 19.6 Å². The molecular weight excluding hydrogens is 298 g/mol. The molecule has 0 aliphatic carbocycles. The summed E-state index contributed by atoms with van der Waals surface area (Å²) in [5.74, 6) is -2.25. The van der Waals surface area contributed by atoms with Crippen molar-refractivity contribution >= 4 is 23.8 Å². The van der Waals surface area contributed by atoms with E-state index in [1.165, 1.54) is 4.90 Å². The first-order valence-corrected chi connectivity index (χ1v) is 7.29. The van der Waals surface area contributed by atoms with E-state index >= 15 is 0 Å². The standard InChI is InChI=1S/C16H19N3O4/c1-11(2)19-15(22)14(21)18(16(19)23)10-13(20)17(3)9-12-7-5-4-6-8-12/h4-8,11H,9-10H2,1-3H3. The van der Waals surface area contributed by atoms with E-state index in [0.717, 1.165) is 10.5 Å². The van der Waals surface area contributed by atoms with Gasteiger partial charge in [-0.15, -0.1) is 0 Å². The Balaban J connectivity index is 2.03. The third-order valence-electron chi connectivity index (χ3n) is 3.58. The van der Waals surface area contributed by atoms with Crippen LogP contribution < -0.4 is 0 Å². The maximum Gasteiger partial charge on any atom is 0.334 e. The van der Waals surface area contributed by atoms with Crippen LogP contribution in [0.2, 0.25) is 0 Å². The van der Waals surface area contributed by atoms with Crippen molar-refractivity contribution in [3.05, 3.63) is 35.9 Å². The van der Waals surface area contributed by atoms with E-state index in [1.54, 1.807) is 20.9 Å². The summed E-state index contributed by atoms with van der Waals surface area (Å²) < 4.78 is 0. The molecule has 0 unspecified atom stereocenters. The molecule has 7 nitrogen and oxygen atoms in total. The average molecular weight is 317 g/mol. The molecule has 0 saturated carbocycles. The molecule has 1 aromatic carbocycles. The van der Waals surface area contributed by atoms with Crippen LogP contribution in [0.4, 0.5) is 4.79 Å². The maximum atomic E-state index is 12.2. The van der Waals surface area contributed by atoms with Crippen LogP contribution in [0.25, 0.3) is 0 Å². The van der Waals surface area contributed by atoms with Gasteiger partial charge in [-0.1, -0.05) is 30.3 Å². The number of likely N-dealkylation sites (N-methyl/N-ethyl adjacent to an activating group) is 1. The fraction of sp³-hybridized carbons (Fsp3) is 0.375. The average Bonchev–Trinajstić information content (AvgIpc) is 2.71. The van der Waals surface area contributed by atoms with Crippen LogP contribution in [0.5, 0.6) is 0 Å². The summed E-state index contributed by atoms with van der Waals surface area (Å²) in [7, 11) is 1.59. The summed E-state index contributed by atoms with van der Waals surface area (Å²) in [5, 5.41) is 0. The normalized spacial score (nSPS) is 14.9. The number of imide groups is 2. The van der Waals surface area contributed by atoms with Gasteiger partial charge < -0.3 is 4.90 Å². The molecule has 1 aliphatic rings. The third-order valence-corrected chi connectivity index (χ3v) is 3.58. The Morgan fingerprint density at radius 3 is 2.22 bits per heavy atom. The molecule has 5 amide bonds. The molecule has 1 saturated heterocycles. The SMILES string of the molecule is CC(C)N1C(=O)C(=O)N(CC(=O)N(C)Cc2ccccc2)C1=O. The van der Waals surface area contributed by atoms with Crippen LogP contribution in [0, 0.1) is 0 Å². The lowest BCUT2D eigenvalue weighted by Gasteiger charge is -2.21. The largest absolute Gasteiger partial charge is 0.340 e. The lowest BCUT2D eigenvalue weighted by atomic mass is 10.2. The Hall–Kier alpha value is -2.70. The summed E-state index contributed by atoms with van der Waals surface area (Å²) in [6, 6.07) is 8.18. The lowest BCUT2D eigenvalue weighted by Crippen LogP contribution is -2.42. The number of hydrogen-bond donors (Lipinski definition) is 0. The number of carbonyl (C=O) groups excluding carboxylic acids is 4. The van der Waals surface area contributed by atoms with E-state index in [2.05, 4.69) is 0 Å². The smallest absolute Gasteiger partial charge is 0.334 e. The predicted molar refractivity (Wildman–Crippen MR) is 82.0 cm³/mol. The van der Waals surface area contributed by atoms with Crippen molar-refractivity contribution in [2.75, 3.05) is 13.6 Å². The van der Waals surface area contributed by atoms with Gasteiger partial charge in [-0.2, -0.15) is 0 Å². The van der Waals surface area contributed by atoms with Gasteiger partial charge in [0.25, 0.3) is 0 Å². The molecule has 1 aliphatic heterocycles.